The van der Waals surface area contributed by atoms with Gasteiger partial charge in [-0.1, -0.05) is 24.3 Å². The highest BCUT2D eigenvalue weighted by molar-refractivity contribution is 5.94. The van der Waals surface area contributed by atoms with Crippen LogP contribution in [0.25, 0.3) is 22.2 Å². The second kappa shape index (κ2) is 15.2. The second-order valence-corrected chi connectivity index (χ2v) is 14.5. The van der Waals surface area contributed by atoms with Crippen molar-refractivity contribution in [3.8, 4) is 22.8 Å². The van der Waals surface area contributed by atoms with E-state index in [2.05, 4.69) is 14.9 Å². The number of rotatable bonds is 9. The van der Waals surface area contributed by atoms with Gasteiger partial charge in [-0.3, -0.25) is 0 Å². The van der Waals surface area contributed by atoms with Gasteiger partial charge in [0.1, 0.15) is 34.3 Å². The lowest BCUT2D eigenvalue weighted by atomic mass is 9.99. The summed E-state index contributed by atoms with van der Waals surface area (Å²) in [6.07, 6.45) is -1.45. The number of hydrogen-bond acceptors (Lipinski definition) is 9. The molecular weight excluding hydrogens is 678 g/mol. The molecule has 53 heavy (non-hydrogen) atoms. The molecule has 5 aromatic rings. The zero-order valence-electron chi connectivity index (χ0n) is 31.5. The van der Waals surface area contributed by atoms with Gasteiger partial charge in [-0.2, -0.15) is 14.4 Å². The molecule has 1 atom stereocenters. The summed E-state index contributed by atoms with van der Waals surface area (Å²) < 4.78 is 48.3. The molecule has 1 amide bonds. The van der Waals surface area contributed by atoms with Gasteiger partial charge < -0.3 is 28.9 Å². The smallest absolute Gasteiger partial charge is 0.410 e. The van der Waals surface area contributed by atoms with E-state index < -0.39 is 23.6 Å². The average Bonchev–Trinajstić information content (AvgIpc) is 3.11. The maximum Gasteiger partial charge on any atom is 0.410 e. The van der Waals surface area contributed by atoms with Gasteiger partial charge in [-0.25, -0.2) is 14.2 Å². The van der Waals surface area contributed by atoms with E-state index in [1.54, 1.807) is 25.2 Å². The van der Waals surface area contributed by atoms with E-state index in [0.29, 0.717) is 55.2 Å². The maximum absolute atomic E-state index is 16.8. The van der Waals surface area contributed by atoms with Crippen molar-refractivity contribution < 1.29 is 27.8 Å². The van der Waals surface area contributed by atoms with Gasteiger partial charge in [-0.05, 0) is 106 Å². The Labute approximate surface area is 309 Å². The van der Waals surface area contributed by atoms with Gasteiger partial charge in [-0.15, -0.1) is 0 Å². The van der Waals surface area contributed by atoms with Crippen LogP contribution in [0.15, 0.2) is 66.7 Å². The van der Waals surface area contributed by atoms with Crippen molar-refractivity contribution in [2.75, 3.05) is 43.7 Å². The summed E-state index contributed by atoms with van der Waals surface area (Å²) in [5.41, 5.74) is 3.45. The quantitative estimate of drug-likeness (QED) is 0.139. The van der Waals surface area contributed by atoms with Crippen molar-refractivity contribution in [2.45, 2.75) is 66.3 Å². The molecule has 0 radical (unpaired) electrons. The Morgan fingerprint density at radius 2 is 1.47 bits per heavy atom. The number of anilines is 2. The van der Waals surface area contributed by atoms with Gasteiger partial charge >= 0.3 is 12.2 Å². The van der Waals surface area contributed by atoms with E-state index in [0.717, 1.165) is 28.2 Å². The van der Waals surface area contributed by atoms with Crippen LogP contribution in [0.3, 0.4) is 0 Å². The minimum atomic E-state index is -1.04. The summed E-state index contributed by atoms with van der Waals surface area (Å²) in [5.74, 6) is 1.77. The van der Waals surface area contributed by atoms with Crippen molar-refractivity contribution >= 4 is 28.6 Å². The minimum Gasteiger partial charge on any atom is -0.497 e. The van der Waals surface area contributed by atoms with Crippen LogP contribution in [0.1, 0.15) is 49.9 Å². The van der Waals surface area contributed by atoms with Crippen molar-refractivity contribution in [1.82, 2.24) is 19.9 Å². The molecule has 0 aliphatic carbocycles. The Balaban J connectivity index is 1.37. The summed E-state index contributed by atoms with van der Waals surface area (Å²) >= 11 is 0. The second-order valence-electron chi connectivity index (χ2n) is 14.5. The minimum absolute atomic E-state index is 0.131. The number of carbonyl (C=O) groups is 1. The van der Waals surface area contributed by atoms with E-state index in [9.17, 15) is 4.79 Å². The first-order valence-electron chi connectivity index (χ1n) is 17.6. The first-order chi connectivity index (χ1) is 25.2. The Bertz CT molecular complexity index is 2050. The highest BCUT2D eigenvalue weighted by atomic mass is 19.1. The van der Waals surface area contributed by atoms with Gasteiger partial charge in [0.15, 0.2) is 5.82 Å². The zero-order chi connectivity index (χ0) is 38.0. The first-order valence-corrected chi connectivity index (χ1v) is 17.6. The predicted octanol–water partition coefficient (Wildman–Crippen LogP) is 8.26. The molecule has 0 saturated carbocycles. The van der Waals surface area contributed by atoms with E-state index in [-0.39, 0.29) is 22.9 Å². The number of benzene rings is 3. The van der Waals surface area contributed by atoms with E-state index in [1.165, 1.54) is 0 Å². The van der Waals surface area contributed by atoms with Crippen LogP contribution in [0.2, 0.25) is 0 Å². The highest BCUT2D eigenvalue weighted by Crippen LogP contribution is 2.37. The largest absolute Gasteiger partial charge is 0.497 e. The molecule has 278 valence electrons. The number of amides is 1. The fraction of sp³-hybridized carbons (Fsp3) is 0.366. The number of methoxy groups -OCH3 is 2. The molecule has 2 aromatic heterocycles. The summed E-state index contributed by atoms with van der Waals surface area (Å²) in [6, 6.07) is 21.1. The number of hydrogen-bond donors (Lipinski definition) is 0. The maximum atomic E-state index is 16.8. The monoisotopic (exact) mass is 724 g/mol. The van der Waals surface area contributed by atoms with E-state index in [4.69, 9.17) is 19.2 Å². The molecule has 12 heteroatoms. The Hall–Kier alpha value is -5.52. The number of ether oxygens (including phenoxy) is 3. The van der Waals surface area contributed by atoms with Crippen LogP contribution in [-0.4, -0.2) is 71.4 Å². The number of aryl methyl sites for hydroxylation is 2. The van der Waals surface area contributed by atoms with Crippen molar-refractivity contribution in [3.63, 3.8) is 0 Å². The van der Waals surface area contributed by atoms with Gasteiger partial charge in [0.25, 0.3) is 0 Å². The predicted molar refractivity (Wildman–Crippen MR) is 203 cm³/mol. The third-order valence-corrected chi connectivity index (χ3v) is 9.23. The fourth-order valence-electron chi connectivity index (χ4n) is 6.67. The summed E-state index contributed by atoms with van der Waals surface area (Å²) in [4.78, 5) is 31.6. The number of pyridine rings is 1. The standard InChI is InChI=1S/C41H46F2N6O4/c1-25-19-33(44-34(20-25)48(23-28-9-13-30(51-7)14-10-28)24-29-11-15-31(52-8)16-12-29)35-26(2)21-32-37(36(35)42)45-39(43)46-38(32)49-18-17-47(22-27(49)3)40(50)53-41(4,5)6/h9-16,19-21,27H,17-18,22-24H2,1-8H3/t27-/m0/s1. The average molecular weight is 725 g/mol. The molecule has 1 saturated heterocycles. The number of halogens is 2. The lowest BCUT2D eigenvalue weighted by Gasteiger charge is -2.41. The lowest BCUT2D eigenvalue weighted by Crippen LogP contribution is -2.55. The van der Waals surface area contributed by atoms with Gasteiger partial charge in [0.05, 0.1) is 19.9 Å². The molecular formula is C41H46F2N6O4. The van der Waals surface area contributed by atoms with Gasteiger partial charge in [0, 0.05) is 49.7 Å². The lowest BCUT2D eigenvalue weighted by molar-refractivity contribution is 0.0218. The number of carbonyl (C=O) groups excluding carboxylic acids is 1. The van der Waals surface area contributed by atoms with E-state index in [1.807, 2.05) is 107 Å². The van der Waals surface area contributed by atoms with Gasteiger partial charge in [0.2, 0.25) is 0 Å². The first kappa shape index (κ1) is 37.2. The van der Waals surface area contributed by atoms with Crippen LogP contribution in [0.5, 0.6) is 11.5 Å². The molecule has 0 N–H and O–H groups in total. The van der Waals surface area contributed by atoms with E-state index >= 15 is 8.78 Å². The molecule has 0 bridgehead atoms. The molecule has 10 nitrogen and oxygen atoms in total. The molecule has 3 heterocycles. The Morgan fingerprint density at radius 3 is 2.02 bits per heavy atom. The number of piperazine rings is 1. The fourth-order valence-corrected chi connectivity index (χ4v) is 6.67. The molecule has 6 rings (SSSR count). The number of fused-ring (bicyclic) bond motifs is 1. The number of aromatic nitrogens is 3. The van der Waals surface area contributed by atoms with Crippen LogP contribution >= 0.6 is 0 Å². The summed E-state index contributed by atoms with van der Waals surface area (Å²) in [5, 5.41) is 0.385. The van der Waals surface area contributed by atoms with Crippen molar-refractivity contribution in [2.24, 2.45) is 0 Å². The summed E-state index contributed by atoms with van der Waals surface area (Å²) in [7, 11) is 3.27. The molecule has 3 aromatic carbocycles. The number of nitrogens with zero attached hydrogens (tertiary/aromatic N) is 6. The molecule has 1 aliphatic rings. The summed E-state index contributed by atoms with van der Waals surface area (Å²) in [6.45, 7) is 13.2. The molecule has 0 unspecified atom stereocenters. The van der Waals surface area contributed by atoms with Crippen LogP contribution in [0, 0.1) is 25.7 Å². The molecule has 0 spiro atoms. The van der Waals surface area contributed by atoms with Crippen LogP contribution in [0.4, 0.5) is 25.2 Å². The molecule has 1 fully saturated rings. The van der Waals surface area contributed by atoms with Crippen molar-refractivity contribution in [1.29, 1.82) is 0 Å². The Kier molecular flexibility index (Phi) is 10.7. The highest BCUT2D eigenvalue weighted by Gasteiger charge is 2.32. The Morgan fingerprint density at radius 1 is 0.868 bits per heavy atom. The topological polar surface area (TPSA) is 93.2 Å². The third kappa shape index (κ3) is 8.42. The normalized spacial score (nSPS) is 14.7. The zero-order valence-corrected chi connectivity index (χ0v) is 31.5. The third-order valence-electron chi connectivity index (χ3n) is 9.23. The van der Waals surface area contributed by atoms with Crippen LogP contribution < -0.4 is 19.3 Å². The van der Waals surface area contributed by atoms with Crippen LogP contribution in [-0.2, 0) is 17.8 Å². The molecule has 1 aliphatic heterocycles. The van der Waals surface area contributed by atoms with Crippen molar-refractivity contribution in [3.05, 3.63) is 101 Å². The SMILES string of the molecule is COc1ccc(CN(Cc2ccc(OC)cc2)c2cc(C)cc(-c3c(C)cc4c(N5CCN(C(=O)OC(C)(C)C)C[C@@H]5C)nc(F)nc4c3F)n2)cc1.